The molecular weight excluding hydrogens is 314 g/mol. The molecule has 112 valence electrons. The molecule has 0 radical (unpaired) electrons. The highest BCUT2D eigenvalue weighted by Crippen LogP contribution is 2.40. The summed E-state index contributed by atoms with van der Waals surface area (Å²) in [7, 11) is 3.12. The molecule has 0 saturated carbocycles. The molecular formula is C16H15Cl2FO2. The molecule has 0 N–H and O–H groups in total. The van der Waals surface area contributed by atoms with E-state index in [4.69, 9.17) is 32.7 Å². The van der Waals surface area contributed by atoms with Crippen molar-refractivity contribution in [2.75, 3.05) is 14.2 Å². The van der Waals surface area contributed by atoms with E-state index in [-0.39, 0.29) is 5.02 Å². The molecule has 1 unspecified atom stereocenters. The average Bonchev–Trinajstić information content (AvgIpc) is 2.49. The lowest BCUT2D eigenvalue weighted by molar-refractivity contribution is 0.354. The van der Waals surface area contributed by atoms with Crippen molar-refractivity contribution in [2.24, 2.45) is 0 Å². The maximum atomic E-state index is 13.6. The fourth-order valence-electron chi connectivity index (χ4n) is 2.15. The summed E-state index contributed by atoms with van der Waals surface area (Å²) in [4.78, 5) is 0. The van der Waals surface area contributed by atoms with Crippen LogP contribution in [0.15, 0.2) is 30.3 Å². The minimum atomic E-state index is -0.576. The Morgan fingerprint density at radius 3 is 2.29 bits per heavy atom. The molecule has 0 aliphatic carbocycles. The summed E-state index contributed by atoms with van der Waals surface area (Å²) >= 11 is 12.5. The van der Waals surface area contributed by atoms with Crippen LogP contribution in [-0.4, -0.2) is 14.2 Å². The Kier molecular flexibility index (Phi) is 4.96. The molecule has 0 bridgehead atoms. The molecule has 0 saturated heterocycles. The van der Waals surface area contributed by atoms with E-state index in [0.717, 1.165) is 11.1 Å². The van der Waals surface area contributed by atoms with Crippen LogP contribution in [0.3, 0.4) is 0 Å². The second-order valence-electron chi connectivity index (χ2n) is 4.57. The molecule has 2 aromatic rings. The van der Waals surface area contributed by atoms with Gasteiger partial charge in [-0.15, -0.1) is 11.6 Å². The molecule has 0 aliphatic rings. The lowest BCUT2D eigenvalue weighted by atomic mass is 9.99. The molecule has 2 aromatic carbocycles. The number of hydrogen-bond acceptors (Lipinski definition) is 2. The molecule has 0 aromatic heterocycles. The summed E-state index contributed by atoms with van der Waals surface area (Å²) in [5.41, 5.74) is 2.23. The van der Waals surface area contributed by atoms with Gasteiger partial charge in [0.1, 0.15) is 5.82 Å². The molecule has 2 nitrogen and oxygen atoms in total. The molecule has 5 heteroatoms. The van der Waals surface area contributed by atoms with Crippen LogP contribution in [0.25, 0.3) is 0 Å². The Hall–Kier alpha value is -1.45. The van der Waals surface area contributed by atoms with Gasteiger partial charge in [0.25, 0.3) is 0 Å². The Morgan fingerprint density at radius 1 is 1.05 bits per heavy atom. The second kappa shape index (κ2) is 6.54. The lowest BCUT2D eigenvalue weighted by Crippen LogP contribution is -2.01. The summed E-state index contributed by atoms with van der Waals surface area (Å²) in [5, 5.41) is -0.542. The smallest absolute Gasteiger partial charge is 0.161 e. The largest absolute Gasteiger partial charge is 0.493 e. The van der Waals surface area contributed by atoms with Crippen LogP contribution in [0.5, 0.6) is 11.5 Å². The molecule has 1 atom stereocenters. The van der Waals surface area contributed by atoms with Crippen molar-refractivity contribution in [1.29, 1.82) is 0 Å². The Bertz CT molecular complexity index is 659. The zero-order chi connectivity index (χ0) is 15.6. The monoisotopic (exact) mass is 328 g/mol. The average molecular weight is 329 g/mol. The SMILES string of the molecule is COc1cc(C)c(C(Cl)c2cccc(F)c2Cl)cc1OC. The van der Waals surface area contributed by atoms with Crippen LogP contribution in [0.1, 0.15) is 22.1 Å². The standard InChI is InChI=1S/C16H15Cl2FO2/c1-9-7-13(20-2)14(21-3)8-11(9)15(17)10-5-4-6-12(19)16(10)18/h4-8,15H,1-3H3. The van der Waals surface area contributed by atoms with E-state index in [0.29, 0.717) is 17.1 Å². The van der Waals surface area contributed by atoms with Gasteiger partial charge < -0.3 is 9.47 Å². The van der Waals surface area contributed by atoms with Gasteiger partial charge in [-0.3, -0.25) is 0 Å². The first kappa shape index (κ1) is 15.9. The van der Waals surface area contributed by atoms with Crippen LogP contribution in [0.4, 0.5) is 4.39 Å². The van der Waals surface area contributed by atoms with Gasteiger partial charge in [-0.05, 0) is 41.8 Å². The molecule has 0 amide bonds. The van der Waals surface area contributed by atoms with Crippen molar-refractivity contribution in [3.8, 4) is 11.5 Å². The summed E-state index contributed by atoms with van der Waals surface area (Å²) in [6, 6.07) is 8.21. The van der Waals surface area contributed by atoms with Crippen LogP contribution in [-0.2, 0) is 0 Å². The zero-order valence-electron chi connectivity index (χ0n) is 11.9. The predicted molar refractivity (Wildman–Crippen MR) is 83.4 cm³/mol. The predicted octanol–water partition coefficient (Wildman–Crippen LogP) is 5.13. The Labute approximate surface area is 133 Å². The Morgan fingerprint density at radius 2 is 1.67 bits per heavy atom. The van der Waals surface area contributed by atoms with Gasteiger partial charge in [0.05, 0.1) is 24.6 Å². The summed E-state index contributed by atoms with van der Waals surface area (Å²) in [5.74, 6) is 0.696. The zero-order valence-corrected chi connectivity index (χ0v) is 13.4. The number of ether oxygens (including phenoxy) is 2. The molecule has 2 rings (SSSR count). The van der Waals surface area contributed by atoms with E-state index >= 15 is 0 Å². The topological polar surface area (TPSA) is 18.5 Å². The van der Waals surface area contributed by atoms with Gasteiger partial charge in [0, 0.05) is 0 Å². The van der Waals surface area contributed by atoms with E-state index in [2.05, 4.69) is 0 Å². The number of methoxy groups -OCH3 is 2. The van der Waals surface area contributed by atoms with Crippen LogP contribution in [0.2, 0.25) is 5.02 Å². The van der Waals surface area contributed by atoms with E-state index in [1.165, 1.54) is 6.07 Å². The summed E-state index contributed by atoms with van der Waals surface area (Å²) < 4.78 is 24.1. The second-order valence-corrected chi connectivity index (χ2v) is 5.38. The third-order valence-electron chi connectivity index (χ3n) is 3.30. The van der Waals surface area contributed by atoms with Gasteiger partial charge in [0.2, 0.25) is 0 Å². The minimum Gasteiger partial charge on any atom is -0.493 e. The first-order valence-corrected chi connectivity index (χ1v) is 7.11. The van der Waals surface area contributed by atoms with Gasteiger partial charge in [0.15, 0.2) is 11.5 Å². The van der Waals surface area contributed by atoms with E-state index < -0.39 is 11.2 Å². The number of rotatable bonds is 4. The van der Waals surface area contributed by atoms with Crippen molar-refractivity contribution in [3.63, 3.8) is 0 Å². The minimum absolute atomic E-state index is 0.0340. The molecule has 0 fully saturated rings. The number of benzene rings is 2. The highest BCUT2D eigenvalue weighted by Gasteiger charge is 2.20. The molecule has 0 aliphatic heterocycles. The van der Waals surface area contributed by atoms with Gasteiger partial charge in [-0.25, -0.2) is 4.39 Å². The van der Waals surface area contributed by atoms with Crippen molar-refractivity contribution >= 4 is 23.2 Å². The van der Waals surface area contributed by atoms with Gasteiger partial charge >= 0.3 is 0 Å². The van der Waals surface area contributed by atoms with E-state index in [1.54, 1.807) is 32.4 Å². The molecule has 21 heavy (non-hydrogen) atoms. The third-order valence-corrected chi connectivity index (χ3v) is 4.17. The summed E-state index contributed by atoms with van der Waals surface area (Å²) in [6.07, 6.45) is 0. The fraction of sp³-hybridized carbons (Fsp3) is 0.250. The highest BCUT2D eigenvalue weighted by molar-refractivity contribution is 6.33. The first-order chi connectivity index (χ1) is 9.99. The number of aryl methyl sites for hydroxylation is 1. The lowest BCUT2D eigenvalue weighted by Gasteiger charge is -2.18. The van der Waals surface area contributed by atoms with Crippen LogP contribution >= 0.6 is 23.2 Å². The Balaban J connectivity index is 2.53. The van der Waals surface area contributed by atoms with Crippen LogP contribution in [0, 0.1) is 12.7 Å². The van der Waals surface area contributed by atoms with E-state index in [1.807, 2.05) is 13.0 Å². The maximum Gasteiger partial charge on any atom is 0.161 e. The van der Waals surface area contributed by atoms with E-state index in [9.17, 15) is 4.39 Å². The van der Waals surface area contributed by atoms with Crippen molar-refractivity contribution in [3.05, 3.63) is 57.9 Å². The quantitative estimate of drug-likeness (QED) is 0.724. The first-order valence-electron chi connectivity index (χ1n) is 6.30. The molecule has 0 spiro atoms. The fourth-order valence-corrected chi connectivity index (χ4v) is 2.86. The van der Waals surface area contributed by atoms with Crippen molar-refractivity contribution < 1.29 is 13.9 Å². The van der Waals surface area contributed by atoms with Crippen LogP contribution < -0.4 is 9.47 Å². The van der Waals surface area contributed by atoms with Crippen molar-refractivity contribution in [1.82, 2.24) is 0 Å². The normalized spacial score (nSPS) is 12.1. The highest BCUT2D eigenvalue weighted by atomic mass is 35.5. The maximum absolute atomic E-state index is 13.6. The third kappa shape index (κ3) is 3.09. The number of hydrogen-bond donors (Lipinski definition) is 0. The summed E-state index contributed by atoms with van der Waals surface area (Å²) in [6.45, 7) is 1.90. The van der Waals surface area contributed by atoms with Gasteiger partial charge in [-0.2, -0.15) is 0 Å². The molecule has 0 heterocycles. The van der Waals surface area contributed by atoms with Crippen molar-refractivity contribution in [2.45, 2.75) is 12.3 Å². The number of halogens is 3. The number of alkyl halides is 1. The van der Waals surface area contributed by atoms with Gasteiger partial charge in [-0.1, -0.05) is 23.7 Å².